The van der Waals surface area contributed by atoms with Gasteiger partial charge in [0, 0.05) is 19.2 Å². The third-order valence-electron chi connectivity index (χ3n) is 2.55. The normalized spacial score (nSPS) is 19.5. The fourth-order valence-electron chi connectivity index (χ4n) is 1.63. The van der Waals surface area contributed by atoms with Gasteiger partial charge in [-0.3, -0.25) is 10.1 Å². The maximum atomic E-state index is 10.6. The molecule has 1 aliphatic heterocycles. The van der Waals surface area contributed by atoms with Crippen LogP contribution in [0.15, 0.2) is 18.2 Å². The van der Waals surface area contributed by atoms with Gasteiger partial charge in [-0.25, -0.2) is 0 Å². The van der Waals surface area contributed by atoms with E-state index in [0.29, 0.717) is 30.5 Å². The fraction of sp³-hybridized carbons (Fsp3) is 0.455. The van der Waals surface area contributed by atoms with Crippen LogP contribution in [0.4, 0.5) is 5.69 Å². The van der Waals surface area contributed by atoms with Gasteiger partial charge < -0.3 is 14.8 Å². The minimum Gasteiger partial charge on any atom is -0.489 e. The van der Waals surface area contributed by atoms with Crippen molar-refractivity contribution in [2.24, 2.45) is 0 Å². The van der Waals surface area contributed by atoms with Crippen LogP contribution in [0.25, 0.3) is 0 Å². The summed E-state index contributed by atoms with van der Waals surface area (Å²) in [5.74, 6) is 0.306. The van der Waals surface area contributed by atoms with Gasteiger partial charge in [0.15, 0.2) is 0 Å². The third kappa shape index (κ3) is 3.32. The highest BCUT2D eigenvalue weighted by Crippen LogP contribution is 2.29. The average molecular weight is 273 g/mol. The number of nitro groups is 1. The quantitative estimate of drug-likeness (QED) is 0.666. The van der Waals surface area contributed by atoms with Crippen molar-refractivity contribution in [3.05, 3.63) is 33.3 Å². The number of non-ortho nitro benzene ring substituents is 1. The maximum Gasteiger partial charge on any atom is 0.273 e. The van der Waals surface area contributed by atoms with Crippen molar-refractivity contribution >= 4 is 17.3 Å². The number of morpholine rings is 1. The summed E-state index contributed by atoms with van der Waals surface area (Å²) in [5, 5.41) is 14.2. The van der Waals surface area contributed by atoms with Gasteiger partial charge in [0.05, 0.1) is 22.6 Å². The smallest absolute Gasteiger partial charge is 0.273 e. The lowest BCUT2D eigenvalue weighted by Gasteiger charge is -2.23. The average Bonchev–Trinajstić information content (AvgIpc) is 2.38. The molecule has 1 aromatic carbocycles. The van der Waals surface area contributed by atoms with Crippen molar-refractivity contribution in [1.82, 2.24) is 5.32 Å². The Morgan fingerprint density at radius 1 is 1.61 bits per heavy atom. The Kier molecular flexibility index (Phi) is 4.35. The molecule has 0 bridgehead atoms. The van der Waals surface area contributed by atoms with Crippen molar-refractivity contribution in [3.8, 4) is 5.75 Å². The van der Waals surface area contributed by atoms with Crippen molar-refractivity contribution in [2.75, 3.05) is 26.3 Å². The van der Waals surface area contributed by atoms with E-state index in [2.05, 4.69) is 5.32 Å². The van der Waals surface area contributed by atoms with Crippen molar-refractivity contribution in [3.63, 3.8) is 0 Å². The van der Waals surface area contributed by atoms with Gasteiger partial charge in [0.2, 0.25) is 0 Å². The molecule has 1 N–H and O–H groups in total. The SMILES string of the molecule is O=[N+]([O-])c1ccc(Cl)c(OCC2CNCCO2)c1. The zero-order chi connectivity index (χ0) is 13.0. The molecule has 98 valence electrons. The van der Waals surface area contributed by atoms with E-state index in [4.69, 9.17) is 21.1 Å². The lowest BCUT2D eigenvalue weighted by Crippen LogP contribution is -2.41. The molecule has 1 unspecified atom stereocenters. The Morgan fingerprint density at radius 3 is 3.11 bits per heavy atom. The Balaban J connectivity index is 1.99. The first-order valence-corrected chi connectivity index (χ1v) is 5.93. The van der Waals surface area contributed by atoms with Crippen LogP contribution in [0.1, 0.15) is 0 Å². The van der Waals surface area contributed by atoms with Crippen molar-refractivity contribution < 1.29 is 14.4 Å². The minimum absolute atomic E-state index is 0.0444. The number of rotatable bonds is 4. The van der Waals surface area contributed by atoms with Crippen LogP contribution in [0.3, 0.4) is 0 Å². The minimum atomic E-state index is -0.484. The molecule has 0 aromatic heterocycles. The zero-order valence-corrected chi connectivity index (χ0v) is 10.4. The van der Waals surface area contributed by atoms with Crippen LogP contribution in [0.2, 0.25) is 5.02 Å². The molecule has 1 atom stereocenters. The number of hydrogen-bond acceptors (Lipinski definition) is 5. The number of nitrogens with zero attached hydrogens (tertiary/aromatic N) is 1. The largest absolute Gasteiger partial charge is 0.489 e. The number of halogens is 1. The highest BCUT2D eigenvalue weighted by molar-refractivity contribution is 6.32. The Hall–Kier alpha value is -1.37. The van der Waals surface area contributed by atoms with Crippen LogP contribution < -0.4 is 10.1 Å². The van der Waals surface area contributed by atoms with E-state index in [-0.39, 0.29) is 11.8 Å². The van der Waals surface area contributed by atoms with Gasteiger partial charge in [0.25, 0.3) is 5.69 Å². The van der Waals surface area contributed by atoms with E-state index >= 15 is 0 Å². The molecular weight excluding hydrogens is 260 g/mol. The van der Waals surface area contributed by atoms with Gasteiger partial charge in [-0.1, -0.05) is 11.6 Å². The Bertz CT molecular complexity index is 435. The monoisotopic (exact) mass is 272 g/mol. The fourth-order valence-corrected chi connectivity index (χ4v) is 1.80. The van der Waals surface area contributed by atoms with Gasteiger partial charge in [-0.2, -0.15) is 0 Å². The highest BCUT2D eigenvalue weighted by Gasteiger charge is 2.16. The first-order chi connectivity index (χ1) is 8.66. The highest BCUT2D eigenvalue weighted by atomic mass is 35.5. The number of nitro benzene ring substituents is 1. The molecule has 1 aromatic rings. The summed E-state index contributed by atoms with van der Waals surface area (Å²) in [6.45, 7) is 2.48. The van der Waals surface area contributed by atoms with Crippen molar-refractivity contribution in [2.45, 2.75) is 6.10 Å². The van der Waals surface area contributed by atoms with E-state index in [1.807, 2.05) is 0 Å². The second-order valence-corrected chi connectivity index (χ2v) is 4.29. The summed E-state index contributed by atoms with van der Waals surface area (Å²) in [7, 11) is 0. The molecule has 6 nitrogen and oxygen atoms in total. The molecule has 0 aliphatic carbocycles. The predicted octanol–water partition coefficient (Wildman–Crippen LogP) is 1.62. The molecule has 2 rings (SSSR count). The number of nitrogens with one attached hydrogen (secondary N) is 1. The van der Waals surface area contributed by atoms with Crippen LogP contribution in [-0.4, -0.2) is 37.3 Å². The van der Waals surface area contributed by atoms with Crippen molar-refractivity contribution in [1.29, 1.82) is 0 Å². The molecule has 0 saturated carbocycles. The predicted molar refractivity (Wildman–Crippen MR) is 66.2 cm³/mol. The van der Waals surface area contributed by atoms with E-state index in [1.165, 1.54) is 18.2 Å². The lowest BCUT2D eigenvalue weighted by molar-refractivity contribution is -0.384. The van der Waals surface area contributed by atoms with Crippen LogP contribution in [0.5, 0.6) is 5.75 Å². The molecule has 1 fully saturated rings. The standard InChI is InChI=1S/C11H13ClN2O4/c12-10-2-1-8(14(15)16)5-11(10)18-7-9-6-13-3-4-17-9/h1-2,5,9,13H,3-4,6-7H2. The second kappa shape index (κ2) is 5.99. The first kappa shape index (κ1) is 13.1. The zero-order valence-electron chi connectivity index (χ0n) is 9.60. The third-order valence-corrected chi connectivity index (χ3v) is 2.87. The number of benzene rings is 1. The molecule has 1 saturated heterocycles. The van der Waals surface area contributed by atoms with Gasteiger partial charge in [-0.05, 0) is 6.07 Å². The number of hydrogen-bond donors (Lipinski definition) is 1. The maximum absolute atomic E-state index is 10.6. The van der Waals surface area contributed by atoms with E-state index in [0.717, 1.165) is 6.54 Å². The summed E-state index contributed by atoms with van der Waals surface area (Å²) in [6.07, 6.45) is -0.0610. The van der Waals surface area contributed by atoms with Crippen LogP contribution in [-0.2, 0) is 4.74 Å². The molecular formula is C11H13ClN2O4. The molecule has 0 radical (unpaired) electrons. The topological polar surface area (TPSA) is 73.6 Å². The molecule has 1 heterocycles. The molecule has 1 aliphatic rings. The van der Waals surface area contributed by atoms with E-state index < -0.39 is 4.92 Å². The van der Waals surface area contributed by atoms with Gasteiger partial charge in [0.1, 0.15) is 18.5 Å². The lowest BCUT2D eigenvalue weighted by atomic mass is 10.3. The number of ether oxygens (including phenoxy) is 2. The van der Waals surface area contributed by atoms with E-state index in [1.54, 1.807) is 0 Å². The van der Waals surface area contributed by atoms with E-state index in [9.17, 15) is 10.1 Å². The summed E-state index contributed by atoms with van der Waals surface area (Å²) in [5.41, 5.74) is -0.0444. The van der Waals surface area contributed by atoms with Gasteiger partial charge >= 0.3 is 0 Å². The first-order valence-electron chi connectivity index (χ1n) is 5.56. The van der Waals surface area contributed by atoms with Crippen LogP contribution >= 0.6 is 11.6 Å². The molecule has 0 amide bonds. The Morgan fingerprint density at radius 2 is 2.44 bits per heavy atom. The summed E-state index contributed by atoms with van der Waals surface area (Å²) >= 11 is 5.91. The molecule has 18 heavy (non-hydrogen) atoms. The van der Waals surface area contributed by atoms with Gasteiger partial charge in [-0.15, -0.1) is 0 Å². The summed E-state index contributed by atoms with van der Waals surface area (Å²) < 4.78 is 10.9. The molecule has 7 heteroatoms. The van der Waals surface area contributed by atoms with Crippen LogP contribution in [0, 0.1) is 10.1 Å². The summed E-state index contributed by atoms with van der Waals surface area (Å²) in [4.78, 5) is 10.2. The molecule has 0 spiro atoms. The second-order valence-electron chi connectivity index (χ2n) is 3.88. The summed E-state index contributed by atoms with van der Waals surface area (Å²) in [6, 6.07) is 4.11. The Labute approximate surface area is 109 Å².